The van der Waals surface area contributed by atoms with Crippen molar-refractivity contribution < 1.29 is 9.84 Å². The van der Waals surface area contributed by atoms with Crippen molar-refractivity contribution in [2.45, 2.75) is 32.7 Å². The summed E-state index contributed by atoms with van der Waals surface area (Å²) in [7, 11) is 0. The number of hydrogen-bond donors (Lipinski definition) is 1. The third kappa shape index (κ3) is 3.44. The molecular weight excluding hydrogens is 228 g/mol. The van der Waals surface area contributed by atoms with Crippen LogP contribution in [0.2, 0.25) is 0 Å². The Kier molecular flexibility index (Phi) is 5.01. The fourth-order valence-corrected chi connectivity index (χ4v) is 3.01. The highest BCUT2D eigenvalue weighted by molar-refractivity contribution is 4.87. The van der Waals surface area contributed by atoms with Crippen LogP contribution in [-0.2, 0) is 4.74 Å². The highest BCUT2D eigenvalue weighted by atomic mass is 16.5. The average Bonchev–Trinajstić information content (AvgIpc) is 2.88. The number of morpholine rings is 1. The minimum atomic E-state index is 0.0693. The fourth-order valence-electron chi connectivity index (χ4n) is 3.01. The summed E-state index contributed by atoms with van der Waals surface area (Å²) in [6.07, 6.45) is 2.31. The van der Waals surface area contributed by atoms with E-state index in [4.69, 9.17) is 4.74 Å². The molecular formula is C14H28N2O2. The number of hydrogen-bond acceptors (Lipinski definition) is 4. The van der Waals surface area contributed by atoms with Gasteiger partial charge in [-0.15, -0.1) is 0 Å². The standard InChI is InChI=1S/C14H28N2O2/c1-3-14(2,12-17)11-15-5-4-13(10-15)16-6-8-18-9-7-16/h13,17H,3-12H2,1-2H3. The maximum absolute atomic E-state index is 9.51. The lowest BCUT2D eigenvalue weighted by Crippen LogP contribution is -2.45. The van der Waals surface area contributed by atoms with Crippen LogP contribution in [0.25, 0.3) is 0 Å². The van der Waals surface area contributed by atoms with Crippen LogP contribution in [0, 0.1) is 5.41 Å². The van der Waals surface area contributed by atoms with Gasteiger partial charge >= 0.3 is 0 Å². The van der Waals surface area contributed by atoms with Crippen molar-refractivity contribution in [2.24, 2.45) is 5.41 Å². The second-order valence-corrected chi connectivity index (χ2v) is 6.15. The number of nitrogens with zero attached hydrogens (tertiary/aromatic N) is 2. The normalized spacial score (nSPS) is 30.5. The zero-order valence-corrected chi connectivity index (χ0v) is 11.9. The predicted octanol–water partition coefficient (Wildman–Crippen LogP) is 0.802. The monoisotopic (exact) mass is 256 g/mol. The summed E-state index contributed by atoms with van der Waals surface area (Å²) in [5.74, 6) is 0. The molecule has 2 aliphatic rings. The molecule has 2 heterocycles. The van der Waals surface area contributed by atoms with Crippen molar-refractivity contribution in [1.82, 2.24) is 9.80 Å². The highest BCUT2D eigenvalue weighted by Gasteiger charge is 2.32. The van der Waals surface area contributed by atoms with Crippen molar-refractivity contribution in [3.8, 4) is 0 Å². The van der Waals surface area contributed by atoms with Gasteiger partial charge in [0.2, 0.25) is 0 Å². The van der Waals surface area contributed by atoms with Gasteiger partial charge in [-0.05, 0) is 19.4 Å². The maximum Gasteiger partial charge on any atom is 0.0594 e. The van der Waals surface area contributed by atoms with E-state index in [1.807, 2.05) is 0 Å². The molecule has 18 heavy (non-hydrogen) atoms. The van der Waals surface area contributed by atoms with E-state index in [1.54, 1.807) is 0 Å². The molecule has 0 aromatic rings. The van der Waals surface area contributed by atoms with Crippen LogP contribution in [0.1, 0.15) is 26.7 Å². The van der Waals surface area contributed by atoms with E-state index in [2.05, 4.69) is 23.6 Å². The maximum atomic E-state index is 9.51. The van der Waals surface area contributed by atoms with Gasteiger partial charge in [-0.1, -0.05) is 13.8 Å². The predicted molar refractivity (Wildman–Crippen MR) is 72.7 cm³/mol. The zero-order valence-electron chi connectivity index (χ0n) is 11.9. The van der Waals surface area contributed by atoms with E-state index in [0.717, 1.165) is 45.8 Å². The zero-order chi connectivity index (χ0) is 13.0. The molecule has 0 aromatic carbocycles. The lowest BCUT2D eigenvalue weighted by molar-refractivity contribution is 0.0168. The van der Waals surface area contributed by atoms with E-state index in [1.165, 1.54) is 13.0 Å². The van der Waals surface area contributed by atoms with E-state index in [9.17, 15) is 5.11 Å². The second kappa shape index (κ2) is 6.33. The van der Waals surface area contributed by atoms with Crippen molar-refractivity contribution >= 4 is 0 Å². The smallest absolute Gasteiger partial charge is 0.0594 e. The number of aliphatic hydroxyl groups is 1. The van der Waals surface area contributed by atoms with Gasteiger partial charge in [0, 0.05) is 44.2 Å². The second-order valence-electron chi connectivity index (χ2n) is 6.15. The van der Waals surface area contributed by atoms with Gasteiger partial charge in [0.15, 0.2) is 0 Å². The molecule has 2 rings (SSSR count). The van der Waals surface area contributed by atoms with Crippen molar-refractivity contribution in [2.75, 3.05) is 52.5 Å². The lowest BCUT2D eigenvalue weighted by atomic mass is 9.88. The minimum absolute atomic E-state index is 0.0693. The van der Waals surface area contributed by atoms with Gasteiger partial charge in [-0.25, -0.2) is 0 Å². The molecule has 0 radical (unpaired) electrons. The van der Waals surface area contributed by atoms with Gasteiger partial charge < -0.3 is 14.7 Å². The Bertz CT molecular complexity index is 250. The van der Waals surface area contributed by atoms with Crippen molar-refractivity contribution in [3.05, 3.63) is 0 Å². The number of aliphatic hydroxyl groups excluding tert-OH is 1. The number of ether oxygens (including phenoxy) is 1. The van der Waals surface area contributed by atoms with Gasteiger partial charge in [-0.2, -0.15) is 0 Å². The number of rotatable bonds is 5. The molecule has 0 amide bonds. The van der Waals surface area contributed by atoms with Crippen LogP contribution in [0.5, 0.6) is 0 Å². The van der Waals surface area contributed by atoms with Crippen LogP contribution >= 0.6 is 0 Å². The van der Waals surface area contributed by atoms with Crippen LogP contribution in [0.4, 0.5) is 0 Å². The molecule has 2 atom stereocenters. The van der Waals surface area contributed by atoms with Gasteiger partial charge in [-0.3, -0.25) is 4.90 Å². The summed E-state index contributed by atoms with van der Waals surface area (Å²) in [4.78, 5) is 5.10. The Balaban J connectivity index is 1.80. The van der Waals surface area contributed by atoms with Crippen LogP contribution in [-0.4, -0.2) is 73.5 Å². The summed E-state index contributed by atoms with van der Waals surface area (Å²) >= 11 is 0. The molecule has 2 aliphatic heterocycles. The largest absolute Gasteiger partial charge is 0.396 e. The first-order valence-electron chi connectivity index (χ1n) is 7.32. The molecule has 0 bridgehead atoms. The van der Waals surface area contributed by atoms with Gasteiger partial charge in [0.05, 0.1) is 13.2 Å². The third-order valence-corrected chi connectivity index (χ3v) is 4.65. The fraction of sp³-hybridized carbons (Fsp3) is 1.00. The summed E-state index contributed by atoms with van der Waals surface area (Å²) in [6.45, 7) is 12.0. The quantitative estimate of drug-likeness (QED) is 0.789. The molecule has 106 valence electrons. The SMILES string of the molecule is CCC(C)(CO)CN1CCC(N2CCOCC2)C1. The van der Waals surface area contributed by atoms with Crippen LogP contribution in [0.15, 0.2) is 0 Å². The summed E-state index contributed by atoms with van der Waals surface area (Å²) in [5, 5.41) is 9.51. The first-order valence-corrected chi connectivity index (χ1v) is 7.32. The lowest BCUT2D eigenvalue weighted by Gasteiger charge is -2.34. The van der Waals surface area contributed by atoms with Crippen molar-refractivity contribution in [1.29, 1.82) is 0 Å². The van der Waals surface area contributed by atoms with Crippen molar-refractivity contribution in [3.63, 3.8) is 0 Å². The molecule has 2 saturated heterocycles. The number of likely N-dealkylation sites (tertiary alicyclic amines) is 1. The molecule has 0 spiro atoms. The molecule has 0 aromatic heterocycles. The Morgan fingerprint density at radius 2 is 2.00 bits per heavy atom. The molecule has 0 saturated carbocycles. The molecule has 4 heteroatoms. The van der Waals surface area contributed by atoms with E-state index in [-0.39, 0.29) is 5.41 Å². The highest BCUT2D eigenvalue weighted by Crippen LogP contribution is 2.25. The average molecular weight is 256 g/mol. The molecule has 1 N–H and O–H groups in total. The Labute approximate surface area is 111 Å². The minimum Gasteiger partial charge on any atom is -0.396 e. The first-order chi connectivity index (χ1) is 8.67. The van der Waals surface area contributed by atoms with Gasteiger partial charge in [0.1, 0.15) is 0 Å². The molecule has 4 nitrogen and oxygen atoms in total. The summed E-state index contributed by atoms with van der Waals surface area (Å²) in [5.41, 5.74) is 0.0693. The van der Waals surface area contributed by atoms with Crippen LogP contribution in [0.3, 0.4) is 0 Å². The van der Waals surface area contributed by atoms with E-state index < -0.39 is 0 Å². The van der Waals surface area contributed by atoms with Crippen LogP contribution < -0.4 is 0 Å². The molecule has 2 unspecified atom stereocenters. The topological polar surface area (TPSA) is 35.9 Å². The Morgan fingerprint density at radius 3 is 2.61 bits per heavy atom. The van der Waals surface area contributed by atoms with Gasteiger partial charge in [0.25, 0.3) is 0 Å². The van der Waals surface area contributed by atoms with E-state index in [0.29, 0.717) is 12.6 Å². The first kappa shape index (κ1) is 14.3. The molecule has 0 aliphatic carbocycles. The summed E-state index contributed by atoms with van der Waals surface area (Å²) < 4.78 is 5.41. The molecule has 2 fully saturated rings. The Morgan fingerprint density at radius 1 is 1.28 bits per heavy atom. The Hall–Kier alpha value is -0.160. The summed E-state index contributed by atoms with van der Waals surface area (Å²) in [6, 6.07) is 0.702. The van der Waals surface area contributed by atoms with E-state index >= 15 is 0 Å². The third-order valence-electron chi connectivity index (χ3n) is 4.65.